The Morgan fingerprint density at radius 1 is 1.17 bits per heavy atom. The van der Waals surface area contributed by atoms with Gasteiger partial charge in [0.1, 0.15) is 11.6 Å². The van der Waals surface area contributed by atoms with Crippen molar-refractivity contribution in [3.8, 4) is 22.9 Å². The van der Waals surface area contributed by atoms with Crippen LogP contribution < -0.4 is 4.74 Å². The first-order valence-electron chi connectivity index (χ1n) is 5.50. The molecule has 0 saturated carbocycles. The summed E-state index contributed by atoms with van der Waals surface area (Å²) >= 11 is 0. The van der Waals surface area contributed by atoms with Gasteiger partial charge in [-0.15, -0.1) is 0 Å². The Kier molecular flexibility index (Phi) is 3.29. The van der Waals surface area contributed by atoms with Crippen molar-refractivity contribution in [2.24, 2.45) is 0 Å². The van der Waals surface area contributed by atoms with Gasteiger partial charge in [0.25, 0.3) is 0 Å². The van der Waals surface area contributed by atoms with Crippen LogP contribution in [0.25, 0.3) is 11.1 Å². The van der Waals surface area contributed by atoms with Gasteiger partial charge in [-0.05, 0) is 47.9 Å². The second-order valence-electron chi connectivity index (χ2n) is 3.99. The minimum absolute atomic E-state index is 0.271. The maximum Gasteiger partial charge on any atom is 0.126 e. The summed E-state index contributed by atoms with van der Waals surface area (Å²) in [5.74, 6) is 0.343. The fourth-order valence-corrected chi connectivity index (χ4v) is 1.75. The third kappa shape index (κ3) is 2.18. The molecule has 2 rings (SSSR count). The Morgan fingerprint density at radius 2 is 1.94 bits per heavy atom. The van der Waals surface area contributed by atoms with Crippen LogP contribution in [0.3, 0.4) is 0 Å². The number of hydrogen-bond donors (Lipinski definition) is 0. The number of nitrogens with zero attached hydrogens (tertiary/aromatic N) is 1. The summed E-state index contributed by atoms with van der Waals surface area (Å²) < 4.78 is 18.6. The van der Waals surface area contributed by atoms with Gasteiger partial charge in [-0.1, -0.05) is 12.1 Å². The van der Waals surface area contributed by atoms with Crippen LogP contribution in [-0.2, 0) is 0 Å². The average molecular weight is 241 g/mol. The van der Waals surface area contributed by atoms with Gasteiger partial charge in [-0.3, -0.25) is 0 Å². The van der Waals surface area contributed by atoms with Crippen molar-refractivity contribution in [2.75, 3.05) is 7.11 Å². The molecule has 0 radical (unpaired) electrons. The van der Waals surface area contributed by atoms with Crippen LogP contribution >= 0.6 is 0 Å². The molecule has 2 aromatic carbocycles. The van der Waals surface area contributed by atoms with E-state index in [9.17, 15) is 4.39 Å². The molecule has 2 nitrogen and oxygen atoms in total. The fraction of sp³-hybridized carbons (Fsp3) is 0.133. The van der Waals surface area contributed by atoms with Gasteiger partial charge in [0.2, 0.25) is 0 Å². The van der Waals surface area contributed by atoms with Crippen LogP contribution in [0, 0.1) is 24.1 Å². The lowest BCUT2D eigenvalue weighted by Gasteiger charge is -2.07. The summed E-state index contributed by atoms with van der Waals surface area (Å²) in [7, 11) is 1.54. The Hall–Kier alpha value is -2.34. The summed E-state index contributed by atoms with van der Waals surface area (Å²) in [6, 6.07) is 12.2. The smallest absolute Gasteiger partial charge is 0.126 e. The van der Waals surface area contributed by atoms with Crippen molar-refractivity contribution >= 4 is 0 Å². The first-order valence-corrected chi connectivity index (χ1v) is 5.50. The van der Waals surface area contributed by atoms with Crippen LogP contribution in [0.15, 0.2) is 36.4 Å². The monoisotopic (exact) mass is 241 g/mol. The minimum atomic E-state index is -0.271. The first-order chi connectivity index (χ1) is 8.65. The van der Waals surface area contributed by atoms with E-state index in [4.69, 9.17) is 10.00 Å². The van der Waals surface area contributed by atoms with Gasteiger partial charge in [0.15, 0.2) is 0 Å². The van der Waals surface area contributed by atoms with Crippen molar-refractivity contribution in [2.45, 2.75) is 6.92 Å². The van der Waals surface area contributed by atoms with E-state index < -0.39 is 0 Å². The molecule has 0 unspecified atom stereocenters. The van der Waals surface area contributed by atoms with Crippen molar-refractivity contribution in [3.05, 3.63) is 53.3 Å². The van der Waals surface area contributed by atoms with E-state index >= 15 is 0 Å². The van der Waals surface area contributed by atoms with Crippen LogP contribution in [-0.4, -0.2) is 7.11 Å². The molecule has 0 atom stereocenters. The summed E-state index contributed by atoms with van der Waals surface area (Å²) in [6.07, 6.45) is 0. The number of hydrogen-bond acceptors (Lipinski definition) is 2. The molecule has 0 N–H and O–H groups in total. The predicted octanol–water partition coefficient (Wildman–Crippen LogP) is 3.68. The van der Waals surface area contributed by atoms with Crippen molar-refractivity contribution < 1.29 is 9.13 Å². The number of rotatable bonds is 2. The van der Waals surface area contributed by atoms with Crippen LogP contribution in [0.2, 0.25) is 0 Å². The molecule has 0 amide bonds. The zero-order chi connectivity index (χ0) is 13.1. The van der Waals surface area contributed by atoms with E-state index in [1.807, 2.05) is 0 Å². The second-order valence-corrected chi connectivity index (χ2v) is 3.99. The standard InChI is InChI=1S/C15H12FNO/c1-10-3-4-11(8-15(10)16)14-6-5-13(18-2)7-12(14)9-17/h3-8H,1-2H3. The van der Waals surface area contributed by atoms with Gasteiger partial charge in [0.05, 0.1) is 18.7 Å². The van der Waals surface area contributed by atoms with Crippen molar-refractivity contribution in [3.63, 3.8) is 0 Å². The lowest BCUT2D eigenvalue weighted by Crippen LogP contribution is -1.90. The topological polar surface area (TPSA) is 33.0 Å². The van der Waals surface area contributed by atoms with Crippen LogP contribution in [0.1, 0.15) is 11.1 Å². The van der Waals surface area contributed by atoms with Gasteiger partial charge in [-0.2, -0.15) is 5.26 Å². The SMILES string of the molecule is COc1ccc(-c2ccc(C)c(F)c2)c(C#N)c1. The number of nitriles is 1. The summed E-state index contributed by atoms with van der Waals surface area (Å²) in [5.41, 5.74) is 2.46. The van der Waals surface area contributed by atoms with Gasteiger partial charge in [0, 0.05) is 0 Å². The number of aryl methyl sites for hydroxylation is 1. The number of methoxy groups -OCH3 is 1. The molecule has 18 heavy (non-hydrogen) atoms. The highest BCUT2D eigenvalue weighted by molar-refractivity contribution is 5.71. The molecule has 0 aliphatic carbocycles. The Bertz CT molecular complexity index is 629. The maximum absolute atomic E-state index is 13.5. The zero-order valence-electron chi connectivity index (χ0n) is 10.2. The normalized spacial score (nSPS) is 9.89. The van der Waals surface area contributed by atoms with Gasteiger partial charge < -0.3 is 4.74 Å². The molecular formula is C15H12FNO. The third-order valence-corrected chi connectivity index (χ3v) is 2.83. The fourth-order valence-electron chi connectivity index (χ4n) is 1.75. The molecule has 0 aliphatic heterocycles. The van der Waals surface area contributed by atoms with E-state index in [0.717, 1.165) is 0 Å². The molecule has 3 heteroatoms. The Balaban J connectivity index is 2.57. The first kappa shape index (κ1) is 12.1. The molecular weight excluding hydrogens is 229 g/mol. The van der Waals surface area contributed by atoms with Gasteiger partial charge >= 0.3 is 0 Å². The number of benzene rings is 2. The maximum atomic E-state index is 13.5. The summed E-state index contributed by atoms with van der Waals surface area (Å²) in [5, 5.41) is 9.12. The highest BCUT2D eigenvalue weighted by atomic mass is 19.1. The zero-order valence-corrected chi connectivity index (χ0v) is 10.2. The Morgan fingerprint density at radius 3 is 2.56 bits per heavy atom. The Labute approximate surface area is 105 Å². The third-order valence-electron chi connectivity index (χ3n) is 2.83. The van der Waals surface area contributed by atoms with Crippen LogP contribution in [0.5, 0.6) is 5.75 Å². The highest BCUT2D eigenvalue weighted by Crippen LogP contribution is 2.28. The predicted molar refractivity (Wildman–Crippen MR) is 67.8 cm³/mol. The van der Waals surface area contributed by atoms with Crippen molar-refractivity contribution in [1.82, 2.24) is 0 Å². The lowest BCUT2D eigenvalue weighted by molar-refractivity contribution is 0.414. The summed E-state index contributed by atoms with van der Waals surface area (Å²) in [6.45, 7) is 1.71. The minimum Gasteiger partial charge on any atom is -0.497 e. The average Bonchev–Trinajstić information content (AvgIpc) is 2.41. The number of halogens is 1. The van der Waals surface area contributed by atoms with E-state index in [1.54, 1.807) is 44.4 Å². The molecule has 0 spiro atoms. The molecule has 0 saturated heterocycles. The van der Waals surface area contributed by atoms with E-state index in [0.29, 0.717) is 28.0 Å². The molecule has 0 fully saturated rings. The molecule has 0 aliphatic rings. The largest absolute Gasteiger partial charge is 0.497 e. The highest BCUT2D eigenvalue weighted by Gasteiger charge is 2.08. The number of ether oxygens (including phenoxy) is 1. The molecule has 0 heterocycles. The van der Waals surface area contributed by atoms with Crippen molar-refractivity contribution in [1.29, 1.82) is 5.26 Å². The molecule has 90 valence electrons. The molecule has 0 bridgehead atoms. The van der Waals surface area contributed by atoms with E-state index in [1.165, 1.54) is 6.07 Å². The summed E-state index contributed by atoms with van der Waals surface area (Å²) in [4.78, 5) is 0. The van der Waals surface area contributed by atoms with Gasteiger partial charge in [-0.25, -0.2) is 4.39 Å². The lowest BCUT2D eigenvalue weighted by atomic mass is 9.99. The molecule has 2 aromatic rings. The van der Waals surface area contributed by atoms with E-state index in [-0.39, 0.29) is 5.82 Å². The second kappa shape index (κ2) is 4.89. The van der Waals surface area contributed by atoms with Crippen LogP contribution in [0.4, 0.5) is 4.39 Å². The quantitative estimate of drug-likeness (QED) is 0.803. The van der Waals surface area contributed by atoms with E-state index in [2.05, 4.69) is 6.07 Å². The molecule has 0 aromatic heterocycles.